The summed E-state index contributed by atoms with van der Waals surface area (Å²) in [5, 5.41) is 12.6. The highest BCUT2D eigenvalue weighted by Gasteiger charge is 2.05. The van der Waals surface area contributed by atoms with Gasteiger partial charge in [0.1, 0.15) is 5.82 Å². The van der Waals surface area contributed by atoms with Gasteiger partial charge in [-0.15, -0.1) is 0 Å². The van der Waals surface area contributed by atoms with Crippen LogP contribution in [0.3, 0.4) is 0 Å². The third kappa shape index (κ3) is 2.70. The topological polar surface area (TPSA) is 45.1 Å². The van der Waals surface area contributed by atoms with Gasteiger partial charge in [0.25, 0.3) is 0 Å². The predicted octanol–water partition coefficient (Wildman–Crippen LogP) is 2.27. The lowest BCUT2D eigenvalue weighted by atomic mass is 10.1. The molecule has 0 unspecified atom stereocenters. The smallest absolute Gasteiger partial charge is 0.126 e. The van der Waals surface area contributed by atoms with Gasteiger partial charge in [-0.1, -0.05) is 6.92 Å². The van der Waals surface area contributed by atoms with E-state index in [4.69, 9.17) is 0 Å². The summed E-state index contributed by atoms with van der Waals surface area (Å²) in [5.41, 5.74) is 1.97. The van der Waals surface area contributed by atoms with Crippen LogP contribution in [0, 0.1) is 6.92 Å². The standard InChI is InChI=1S/C11H18N2O/c1-4-5-12-11-6-8(2)10(7-13-11)9(3)14/h6-7,9,14H,4-5H2,1-3H3,(H,12,13)/t9-/m0/s1. The van der Waals surface area contributed by atoms with Gasteiger partial charge in [0.2, 0.25) is 0 Å². The highest BCUT2D eigenvalue weighted by atomic mass is 16.3. The van der Waals surface area contributed by atoms with Crippen molar-refractivity contribution in [3.63, 3.8) is 0 Å². The molecule has 0 aliphatic rings. The molecule has 0 spiro atoms. The monoisotopic (exact) mass is 194 g/mol. The third-order valence-electron chi connectivity index (χ3n) is 2.16. The molecular weight excluding hydrogens is 176 g/mol. The Kier molecular flexibility index (Phi) is 3.89. The zero-order valence-corrected chi connectivity index (χ0v) is 9.04. The first-order valence-electron chi connectivity index (χ1n) is 5.03. The van der Waals surface area contributed by atoms with E-state index < -0.39 is 6.10 Å². The fourth-order valence-electron chi connectivity index (χ4n) is 1.35. The van der Waals surface area contributed by atoms with Gasteiger partial charge in [0, 0.05) is 18.3 Å². The minimum Gasteiger partial charge on any atom is -0.389 e. The average molecular weight is 194 g/mol. The maximum atomic E-state index is 9.41. The molecular formula is C11H18N2O. The van der Waals surface area contributed by atoms with E-state index in [1.54, 1.807) is 13.1 Å². The van der Waals surface area contributed by atoms with Crippen molar-refractivity contribution in [1.82, 2.24) is 4.98 Å². The average Bonchev–Trinajstić information content (AvgIpc) is 2.14. The van der Waals surface area contributed by atoms with Crippen molar-refractivity contribution >= 4 is 5.82 Å². The first-order valence-corrected chi connectivity index (χ1v) is 5.03. The number of aliphatic hydroxyl groups is 1. The van der Waals surface area contributed by atoms with E-state index in [2.05, 4.69) is 17.2 Å². The summed E-state index contributed by atoms with van der Waals surface area (Å²) >= 11 is 0. The molecule has 1 heterocycles. The lowest BCUT2D eigenvalue weighted by Gasteiger charge is -2.10. The number of hydrogen-bond donors (Lipinski definition) is 2. The summed E-state index contributed by atoms with van der Waals surface area (Å²) < 4.78 is 0. The van der Waals surface area contributed by atoms with Crippen LogP contribution in [0.4, 0.5) is 5.82 Å². The first kappa shape index (κ1) is 11.0. The molecule has 14 heavy (non-hydrogen) atoms. The predicted molar refractivity (Wildman–Crippen MR) is 58.4 cm³/mol. The van der Waals surface area contributed by atoms with E-state index in [0.717, 1.165) is 29.9 Å². The van der Waals surface area contributed by atoms with Gasteiger partial charge >= 0.3 is 0 Å². The molecule has 3 nitrogen and oxygen atoms in total. The lowest BCUT2D eigenvalue weighted by molar-refractivity contribution is 0.198. The molecule has 3 heteroatoms. The summed E-state index contributed by atoms with van der Waals surface area (Å²) in [6.07, 6.45) is 2.37. The zero-order valence-electron chi connectivity index (χ0n) is 9.04. The number of aliphatic hydroxyl groups excluding tert-OH is 1. The summed E-state index contributed by atoms with van der Waals surface area (Å²) in [7, 11) is 0. The van der Waals surface area contributed by atoms with Crippen LogP contribution in [0.2, 0.25) is 0 Å². The number of aromatic nitrogens is 1. The van der Waals surface area contributed by atoms with Crippen LogP contribution in [0.5, 0.6) is 0 Å². The van der Waals surface area contributed by atoms with Gasteiger partial charge in [-0.3, -0.25) is 0 Å². The van der Waals surface area contributed by atoms with Crippen molar-refractivity contribution in [2.45, 2.75) is 33.3 Å². The minimum atomic E-state index is -0.442. The molecule has 0 fully saturated rings. The Morgan fingerprint density at radius 2 is 2.29 bits per heavy atom. The maximum Gasteiger partial charge on any atom is 0.126 e. The summed E-state index contributed by atoms with van der Waals surface area (Å²) in [6.45, 7) is 6.79. The van der Waals surface area contributed by atoms with Crippen LogP contribution in [-0.4, -0.2) is 16.6 Å². The van der Waals surface area contributed by atoms with Gasteiger partial charge in [-0.05, 0) is 31.9 Å². The number of hydrogen-bond acceptors (Lipinski definition) is 3. The van der Waals surface area contributed by atoms with Crippen molar-refractivity contribution in [1.29, 1.82) is 0 Å². The zero-order chi connectivity index (χ0) is 10.6. The molecule has 1 aromatic heterocycles. The van der Waals surface area contributed by atoms with E-state index >= 15 is 0 Å². The van der Waals surface area contributed by atoms with Crippen LogP contribution in [0.15, 0.2) is 12.3 Å². The fraction of sp³-hybridized carbons (Fsp3) is 0.545. The van der Waals surface area contributed by atoms with E-state index in [9.17, 15) is 5.11 Å². The largest absolute Gasteiger partial charge is 0.389 e. The third-order valence-corrected chi connectivity index (χ3v) is 2.16. The number of aryl methyl sites for hydroxylation is 1. The van der Waals surface area contributed by atoms with Crippen molar-refractivity contribution in [2.24, 2.45) is 0 Å². The molecule has 0 aliphatic carbocycles. The molecule has 2 N–H and O–H groups in total. The van der Waals surface area contributed by atoms with Crippen LogP contribution >= 0.6 is 0 Å². The highest BCUT2D eigenvalue weighted by molar-refractivity contribution is 5.41. The molecule has 0 radical (unpaired) electrons. The van der Waals surface area contributed by atoms with Gasteiger partial charge in [-0.25, -0.2) is 4.98 Å². The number of anilines is 1. The molecule has 0 bridgehead atoms. The quantitative estimate of drug-likeness (QED) is 0.772. The molecule has 1 rings (SSSR count). The van der Waals surface area contributed by atoms with Crippen molar-refractivity contribution in [3.05, 3.63) is 23.4 Å². The second-order valence-corrected chi connectivity index (χ2v) is 3.53. The molecule has 0 aliphatic heterocycles. The molecule has 0 saturated heterocycles. The SMILES string of the molecule is CCCNc1cc(C)c([C@H](C)O)cn1. The van der Waals surface area contributed by atoms with Crippen LogP contribution in [0.25, 0.3) is 0 Å². The van der Waals surface area contributed by atoms with Crippen molar-refractivity contribution < 1.29 is 5.11 Å². The second kappa shape index (κ2) is 4.96. The van der Waals surface area contributed by atoms with E-state index in [1.807, 2.05) is 13.0 Å². The number of nitrogens with one attached hydrogen (secondary N) is 1. The van der Waals surface area contributed by atoms with Crippen LogP contribution in [0.1, 0.15) is 37.5 Å². The van der Waals surface area contributed by atoms with Gasteiger partial charge in [0.15, 0.2) is 0 Å². The van der Waals surface area contributed by atoms with Crippen molar-refractivity contribution in [3.8, 4) is 0 Å². The molecule has 1 aromatic rings. The van der Waals surface area contributed by atoms with Gasteiger partial charge in [0.05, 0.1) is 6.10 Å². The molecule has 0 aromatic carbocycles. The first-order chi connectivity index (χ1) is 6.65. The summed E-state index contributed by atoms with van der Waals surface area (Å²) in [5.74, 6) is 0.883. The Morgan fingerprint density at radius 3 is 2.79 bits per heavy atom. The molecule has 1 atom stereocenters. The molecule has 78 valence electrons. The fourth-order valence-corrected chi connectivity index (χ4v) is 1.35. The number of rotatable bonds is 4. The van der Waals surface area contributed by atoms with E-state index in [-0.39, 0.29) is 0 Å². The Hall–Kier alpha value is -1.09. The Labute approximate surface area is 85.2 Å². The Bertz CT molecular complexity index is 297. The molecule has 0 saturated carbocycles. The highest BCUT2D eigenvalue weighted by Crippen LogP contribution is 2.18. The Morgan fingerprint density at radius 1 is 1.57 bits per heavy atom. The minimum absolute atomic E-state index is 0.442. The van der Waals surface area contributed by atoms with Gasteiger partial charge in [-0.2, -0.15) is 0 Å². The van der Waals surface area contributed by atoms with Gasteiger partial charge < -0.3 is 10.4 Å². The Balaban J connectivity index is 2.78. The molecule has 0 amide bonds. The summed E-state index contributed by atoms with van der Waals surface area (Å²) in [4.78, 5) is 4.23. The maximum absolute atomic E-state index is 9.41. The summed E-state index contributed by atoms with van der Waals surface area (Å²) in [6, 6.07) is 1.97. The van der Waals surface area contributed by atoms with E-state index in [0.29, 0.717) is 0 Å². The number of pyridine rings is 1. The number of nitrogens with zero attached hydrogens (tertiary/aromatic N) is 1. The second-order valence-electron chi connectivity index (χ2n) is 3.53. The normalized spacial score (nSPS) is 12.6. The van der Waals surface area contributed by atoms with E-state index in [1.165, 1.54) is 0 Å². The van der Waals surface area contributed by atoms with Crippen molar-refractivity contribution in [2.75, 3.05) is 11.9 Å². The van der Waals surface area contributed by atoms with Crippen LogP contribution in [-0.2, 0) is 0 Å². The lowest BCUT2D eigenvalue weighted by Crippen LogP contribution is -2.04. The van der Waals surface area contributed by atoms with Crippen LogP contribution < -0.4 is 5.32 Å².